The lowest BCUT2D eigenvalue weighted by Gasteiger charge is -2.15. The van der Waals surface area contributed by atoms with Gasteiger partial charge < -0.3 is 24.8 Å². The van der Waals surface area contributed by atoms with Crippen molar-refractivity contribution in [1.82, 2.24) is 5.32 Å². The second kappa shape index (κ2) is 7.54. The number of ether oxygens (including phenoxy) is 3. The molecule has 1 fully saturated rings. The lowest BCUT2D eigenvalue weighted by atomic mass is 10.1. The third-order valence-electron chi connectivity index (χ3n) is 3.18. The van der Waals surface area contributed by atoms with Gasteiger partial charge in [-0.2, -0.15) is 0 Å². The quantitative estimate of drug-likeness (QED) is 0.894. The van der Waals surface area contributed by atoms with Gasteiger partial charge >= 0.3 is 6.03 Å². The van der Waals surface area contributed by atoms with E-state index in [2.05, 4.69) is 10.6 Å². The minimum absolute atomic E-state index is 0.291. The third-order valence-corrected chi connectivity index (χ3v) is 3.18. The molecule has 1 aromatic rings. The van der Waals surface area contributed by atoms with Crippen molar-refractivity contribution in [1.29, 1.82) is 0 Å². The highest BCUT2D eigenvalue weighted by Gasteiger charge is 2.08. The molecule has 1 aromatic carbocycles. The van der Waals surface area contributed by atoms with E-state index in [4.69, 9.17) is 14.2 Å². The average Bonchev–Trinajstić information content (AvgIpc) is 2.53. The summed E-state index contributed by atoms with van der Waals surface area (Å²) < 4.78 is 15.6. The Morgan fingerprint density at radius 3 is 2.57 bits per heavy atom. The lowest BCUT2D eigenvalue weighted by Crippen LogP contribution is -2.25. The first-order valence-electron chi connectivity index (χ1n) is 6.78. The molecule has 0 radical (unpaired) electrons. The summed E-state index contributed by atoms with van der Waals surface area (Å²) in [5, 5.41) is 5.47. The fourth-order valence-electron chi connectivity index (χ4n) is 2.03. The summed E-state index contributed by atoms with van der Waals surface area (Å²) >= 11 is 0. The van der Waals surface area contributed by atoms with E-state index in [1.165, 1.54) is 5.57 Å². The predicted molar refractivity (Wildman–Crippen MR) is 79.8 cm³/mol. The van der Waals surface area contributed by atoms with Crippen LogP contribution in [0.2, 0.25) is 0 Å². The zero-order valence-electron chi connectivity index (χ0n) is 12.3. The van der Waals surface area contributed by atoms with Crippen LogP contribution in [0.5, 0.6) is 11.5 Å². The van der Waals surface area contributed by atoms with Gasteiger partial charge in [0.15, 0.2) is 11.5 Å². The van der Waals surface area contributed by atoms with E-state index < -0.39 is 0 Å². The van der Waals surface area contributed by atoms with Crippen molar-refractivity contribution in [2.75, 3.05) is 32.8 Å². The normalized spacial score (nSPS) is 14.3. The average molecular weight is 292 g/mol. The van der Waals surface area contributed by atoms with Crippen molar-refractivity contribution in [2.45, 2.75) is 12.8 Å². The molecule has 1 saturated heterocycles. The number of carbonyl (C=O) groups excluding carboxylic acids is 1. The predicted octanol–water partition coefficient (Wildman–Crippen LogP) is 2.52. The van der Waals surface area contributed by atoms with Crippen molar-refractivity contribution in [3.63, 3.8) is 0 Å². The van der Waals surface area contributed by atoms with E-state index in [9.17, 15) is 4.79 Å². The molecule has 1 heterocycles. The maximum Gasteiger partial charge on any atom is 0.323 e. The number of amides is 2. The van der Waals surface area contributed by atoms with Crippen molar-refractivity contribution in [3.8, 4) is 11.5 Å². The number of hydrogen-bond acceptors (Lipinski definition) is 4. The van der Waals surface area contributed by atoms with Crippen LogP contribution in [0, 0.1) is 0 Å². The van der Waals surface area contributed by atoms with Crippen molar-refractivity contribution < 1.29 is 19.0 Å². The van der Waals surface area contributed by atoms with E-state index in [1.54, 1.807) is 38.6 Å². The number of rotatable bonds is 4. The molecule has 0 atom stereocenters. The van der Waals surface area contributed by atoms with Gasteiger partial charge in [0.05, 0.1) is 27.4 Å². The van der Waals surface area contributed by atoms with Crippen LogP contribution in [0.15, 0.2) is 30.0 Å². The van der Waals surface area contributed by atoms with Gasteiger partial charge in [0.25, 0.3) is 0 Å². The van der Waals surface area contributed by atoms with Crippen LogP contribution in [0.1, 0.15) is 12.8 Å². The molecule has 2 N–H and O–H groups in total. The van der Waals surface area contributed by atoms with Crippen molar-refractivity contribution in [3.05, 3.63) is 30.0 Å². The zero-order valence-corrected chi connectivity index (χ0v) is 12.3. The Morgan fingerprint density at radius 1 is 1.19 bits per heavy atom. The molecule has 6 heteroatoms. The molecule has 21 heavy (non-hydrogen) atoms. The fraction of sp³-hybridized carbons (Fsp3) is 0.400. The molecule has 2 amide bonds. The van der Waals surface area contributed by atoms with Gasteiger partial charge in [0.2, 0.25) is 0 Å². The number of carbonyl (C=O) groups is 1. The minimum atomic E-state index is -0.291. The summed E-state index contributed by atoms with van der Waals surface area (Å²) in [6.07, 6.45) is 3.46. The first kappa shape index (κ1) is 15.2. The number of methoxy groups -OCH3 is 2. The Balaban J connectivity index is 1.93. The number of anilines is 1. The van der Waals surface area contributed by atoms with Crippen LogP contribution >= 0.6 is 0 Å². The van der Waals surface area contributed by atoms with Crippen LogP contribution < -0.4 is 20.1 Å². The number of nitrogens with one attached hydrogen (secondary N) is 2. The summed E-state index contributed by atoms with van der Waals surface area (Å²) in [6, 6.07) is 4.91. The summed E-state index contributed by atoms with van der Waals surface area (Å²) in [7, 11) is 3.12. The molecular weight excluding hydrogens is 272 g/mol. The van der Waals surface area contributed by atoms with Crippen LogP contribution in [0.3, 0.4) is 0 Å². The topological polar surface area (TPSA) is 68.8 Å². The summed E-state index contributed by atoms with van der Waals surface area (Å²) in [5.74, 6) is 1.19. The first-order chi connectivity index (χ1) is 10.2. The van der Waals surface area contributed by atoms with Gasteiger partial charge in [-0.25, -0.2) is 4.79 Å². The summed E-state index contributed by atoms with van der Waals surface area (Å²) in [4.78, 5) is 11.8. The van der Waals surface area contributed by atoms with E-state index >= 15 is 0 Å². The van der Waals surface area contributed by atoms with E-state index in [0.717, 1.165) is 12.8 Å². The molecule has 0 aliphatic carbocycles. The zero-order chi connectivity index (χ0) is 15.1. The molecule has 2 rings (SSSR count). The van der Waals surface area contributed by atoms with Gasteiger partial charge in [-0.15, -0.1) is 0 Å². The van der Waals surface area contributed by atoms with Gasteiger partial charge in [-0.05, 0) is 30.5 Å². The highest BCUT2D eigenvalue weighted by molar-refractivity contribution is 5.90. The maximum absolute atomic E-state index is 11.8. The highest BCUT2D eigenvalue weighted by atomic mass is 16.5. The van der Waals surface area contributed by atoms with E-state index in [1.807, 2.05) is 0 Å². The molecule has 0 unspecified atom stereocenters. The Labute approximate surface area is 124 Å². The molecule has 6 nitrogen and oxygen atoms in total. The van der Waals surface area contributed by atoms with Crippen LogP contribution in [-0.2, 0) is 4.74 Å². The van der Waals surface area contributed by atoms with Crippen molar-refractivity contribution >= 4 is 11.7 Å². The highest BCUT2D eigenvalue weighted by Crippen LogP contribution is 2.29. The smallest absolute Gasteiger partial charge is 0.323 e. The monoisotopic (exact) mass is 292 g/mol. The molecule has 114 valence electrons. The maximum atomic E-state index is 11.8. The summed E-state index contributed by atoms with van der Waals surface area (Å²) in [6.45, 7) is 1.43. The fourth-order valence-corrected chi connectivity index (χ4v) is 2.03. The van der Waals surface area contributed by atoms with Gasteiger partial charge in [-0.1, -0.05) is 0 Å². The Hall–Kier alpha value is -2.21. The second-order valence-electron chi connectivity index (χ2n) is 4.58. The molecule has 0 saturated carbocycles. The van der Waals surface area contributed by atoms with E-state index in [-0.39, 0.29) is 6.03 Å². The van der Waals surface area contributed by atoms with Gasteiger partial charge in [0.1, 0.15) is 0 Å². The number of urea groups is 1. The molecule has 1 aliphatic rings. The van der Waals surface area contributed by atoms with Crippen LogP contribution in [0.25, 0.3) is 0 Å². The largest absolute Gasteiger partial charge is 0.493 e. The molecule has 0 bridgehead atoms. The molecule has 0 spiro atoms. The first-order valence-corrected chi connectivity index (χ1v) is 6.78. The standard InChI is InChI=1S/C15H20N2O4/c1-19-13-4-3-12(9-14(13)20-2)17-15(18)16-10-11-5-7-21-8-6-11/h3-4,9-10H,5-8H2,1-2H3,(H2,16,17,18). The Morgan fingerprint density at radius 2 is 1.90 bits per heavy atom. The molecule has 1 aliphatic heterocycles. The lowest BCUT2D eigenvalue weighted by molar-refractivity contribution is 0.119. The van der Waals surface area contributed by atoms with Gasteiger partial charge in [-0.3, -0.25) is 0 Å². The van der Waals surface area contributed by atoms with Crippen LogP contribution in [0.4, 0.5) is 10.5 Å². The molecular formula is C15H20N2O4. The SMILES string of the molecule is COc1ccc(NC(=O)NC=C2CCOCC2)cc1OC. The van der Waals surface area contributed by atoms with Crippen molar-refractivity contribution in [2.24, 2.45) is 0 Å². The second-order valence-corrected chi connectivity index (χ2v) is 4.58. The Kier molecular flexibility index (Phi) is 5.45. The minimum Gasteiger partial charge on any atom is -0.493 e. The molecule has 0 aromatic heterocycles. The van der Waals surface area contributed by atoms with Gasteiger partial charge in [0, 0.05) is 18.0 Å². The van der Waals surface area contributed by atoms with E-state index in [0.29, 0.717) is 30.4 Å². The van der Waals surface area contributed by atoms with Crippen LogP contribution in [-0.4, -0.2) is 33.5 Å². The Bertz CT molecular complexity index is 520. The summed E-state index contributed by atoms with van der Waals surface area (Å²) in [5.41, 5.74) is 1.82. The number of hydrogen-bond donors (Lipinski definition) is 2. The third kappa shape index (κ3) is 4.39. The number of benzene rings is 1.